The molecule has 0 N–H and O–H groups in total. The Morgan fingerprint density at radius 1 is 1.47 bits per heavy atom. The highest BCUT2D eigenvalue weighted by Crippen LogP contribution is 2.40. The van der Waals surface area contributed by atoms with Crippen molar-refractivity contribution < 1.29 is 0 Å². The Balaban J connectivity index is 2.25. The van der Waals surface area contributed by atoms with Crippen LogP contribution in [0.5, 0.6) is 0 Å². The molecule has 0 radical (unpaired) electrons. The van der Waals surface area contributed by atoms with E-state index in [-0.39, 0.29) is 0 Å². The normalized spacial score (nSPS) is 16.9. The van der Waals surface area contributed by atoms with Gasteiger partial charge in [-0.05, 0) is 37.8 Å². The van der Waals surface area contributed by atoms with E-state index < -0.39 is 0 Å². The van der Waals surface area contributed by atoms with Crippen LogP contribution < -0.4 is 0 Å². The Hall–Kier alpha value is -0.830. The topological polar surface area (TPSA) is 17.3 Å². The molecule has 2 aromatic rings. The zero-order chi connectivity index (χ0) is 10.4. The van der Waals surface area contributed by atoms with Gasteiger partial charge in [-0.15, -0.1) is 0 Å². The van der Waals surface area contributed by atoms with Gasteiger partial charge in [-0.3, -0.25) is 0 Å². The van der Waals surface area contributed by atoms with Crippen LogP contribution >= 0.6 is 15.9 Å². The van der Waals surface area contributed by atoms with Crippen molar-refractivity contribution in [3.05, 3.63) is 34.1 Å². The van der Waals surface area contributed by atoms with Gasteiger partial charge in [0.15, 0.2) is 0 Å². The van der Waals surface area contributed by atoms with Crippen LogP contribution in [-0.2, 0) is 0 Å². The number of aromatic nitrogens is 2. The van der Waals surface area contributed by atoms with Crippen LogP contribution in [0.4, 0.5) is 0 Å². The summed E-state index contributed by atoms with van der Waals surface area (Å²) in [4.78, 5) is 0. The maximum absolute atomic E-state index is 4.55. The first-order valence-electron chi connectivity index (χ1n) is 5.40. The van der Waals surface area contributed by atoms with Gasteiger partial charge in [-0.25, -0.2) is 4.52 Å². The highest BCUT2D eigenvalue weighted by molar-refractivity contribution is 9.10. The van der Waals surface area contributed by atoms with Crippen molar-refractivity contribution in [2.75, 3.05) is 0 Å². The molecule has 3 heteroatoms. The number of rotatable bonds is 1. The molecule has 1 fully saturated rings. The Morgan fingerprint density at radius 3 is 2.93 bits per heavy atom. The Morgan fingerprint density at radius 2 is 2.27 bits per heavy atom. The number of aryl methyl sites for hydroxylation is 1. The van der Waals surface area contributed by atoms with Gasteiger partial charge in [-0.1, -0.05) is 22.4 Å². The molecule has 1 aliphatic rings. The molecule has 0 amide bonds. The minimum absolute atomic E-state index is 0.747. The van der Waals surface area contributed by atoms with Crippen LogP contribution in [0, 0.1) is 6.92 Å². The van der Waals surface area contributed by atoms with Gasteiger partial charge < -0.3 is 0 Å². The molecule has 0 aliphatic heterocycles. The molecule has 78 valence electrons. The summed E-state index contributed by atoms with van der Waals surface area (Å²) in [6.45, 7) is 2.12. The van der Waals surface area contributed by atoms with Crippen molar-refractivity contribution in [3.63, 3.8) is 0 Å². The van der Waals surface area contributed by atoms with Crippen LogP contribution in [0.3, 0.4) is 0 Å². The Bertz CT molecular complexity index is 512. The fraction of sp³-hybridized carbons (Fsp3) is 0.417. The van der Waals surface area contributed by atoms with Gasteiger partial charge in [0, 0.05) is 16.2 Å². The number of nitrogens with zero attached hydrogens (tertiary/aromatic N) is 2. The van der Waals surface area contributed by atoms with Crippen molar-refractivity contribution in [2.45, 2.75) is 32.1 Å². The zero-order valence-electron chi connectivity index (χ0n) is 8.70. The summed E-state index contributed by atoms with van der Waals surface area (Å²) in [6.07, 6.45) is 6.05. The van der Waals surface area contributed by atoms with Gasteiger partial charge in [0.05, 0.1) is 11.2 Å². The van der Waals surface area contributed by atoms with Gasteiger partial charge >= 0.3 is 0 Å². The molecule has 1 saturated carbocycles. The third-order valence-electron chi connectivity index (χ3n) is 3.33. The standard InChI is InChI=1S/C12H13BrN2/c1-8-12(9-3-2-4-9)11-7-10(13)5-6-15(11)14-8/h5-7,9H,2-4H2,1H3. The van der Waals surface area contributed by atoms with Crippen LogP contribution in [0.2, 0.25) is 0 Å². The number of hydrogen-bond acceptors (Lipinski definition) is 1. The largest absolute Gasteiger partial charge is 0.240 e. The van der Waals surface area contributed by atoms with E-state index in [2.05, 4.69) is 34.0 Å². The van der Waals surface area contributed by atoms with E-state index in [1.165, 1.54) is 36.0 Å². The first-order chi connectivity index (χ1) is 7.25. The molecule has 15 heavy (non-hydrogen) atoms. The Labute approximate surface area is 97.4 Å². The molecule has 2 aromatic heterocycles. The summed E-state index contributed by atoms with van der Waals surface area (Å²) in [5.74, 6) is 0.747. The number of halogens is 1. The van der Waals surface area contributed by atoms with Crippen LogP contribution in [-0.4, -0.2) is 9.61 Å². The summed E-state index contributed by atoms with van der Waals surface area (Å²) in [6, 6.07) is 4.21. The van der Waals surface area contributed by atoms with Crippen LogP contribution in [0.15, 0.2) is 22.8 Å². The molecule has 0 atom stereocenters. The fourth-order valence-electron chi connectivity index (χ4n) is 2.36. The molecular weight excluding hydrogens is 252 g/mol. The molecule has 0 unspecified atom stereocenters. The molecule has 0 aromatic carbocycles. The summed E-state index contributed by atoms with van der Waals surface area (Å²) >= 11 is 3.52. The molecule has 2 heterocycles. The second kappa shape index (κ2) is 3.34. The zero-order valence-corrected chi connectivity index (χ0v) is 10.3. The maximum atomic E-state index is 4.55. The Kier molecular flexibility index (Phi) is 2.09. The molecular formula is C12H13BrN2. The summed E-state index contributed by atoms with van der Waals surface area (Å²) in [5.41, 5.74) is 3.92. The van der Waals surface area contributed by atoms with E-state index in [0.717, 1.165) is 10.4 Å². The monoisotopic (exact) mass is 264 g/mol. The lowest BCUT2D eigenvalue weighted by Crippen LogP contribution is -2.09. The molecule has 3 rings (SSSR count). The van der Waals surface area contributed by atoms with Gasteiger partial charge in [0.1, 0.15) is 0 Å². The first-order valence-corrected chi connectivity index (χ1v) is 6.19. The second-order valence-corrected chi connectivity index (χ2v) is 5.22. The van der Waals surface area contributed by atoms with E-state index in [0.29, 0.717) is 0 Å². The van der Waals surface area contributed by atoms with E-state index in [4.69, 9.17) is 0 Å². The highest BCUT2D eigenvalue weighted by Gasteiger charge is 2.25. The quantitative estimate of drug-likeness (QED) is 0.769. The van der Waals surface area contributed by atoms with Gasteiger partial charge in [0.25, 0.3) is 0 Å². The van der Waals surface area contributed by atoms with Crippen LogP contribution in [0.25, 0.3) is 5.52 Å². The smallest absolute Gasteiger partial charge is 0.0710 e. The lowest BCUT2D eigenvalue weighted by atomic mass is 9.79. The molecule has 0 spiro atoms. The van der Waals surface area contributed by atoms with Crippen molar-refractivity contribution in [3.8, 4) is 0 Å². The van der Waals surface area contributed by atoms with Crippen molar-refractivity contribution in [1.82, 2.24) is 9.61 Å². The summed E-state index contributed by atoms with van der Waals surface area (Å²) in [7, 11) is 0. The van der Waals surface area contributed by atoms with E-state index in [1.54, 1.807) is 0 Å². The number of fused-ring (bicyclic) bond motifs is 1. The average molecular weight is 265 g/mol. The third kappa shape index (κ3) is 1.41. The highest BCUT2D eigenvalue weighted by atomic mass is 79.9. The van der Waals surface area contributed by atoms with Gasteiger partial charge in [0.2, 0.25) is 0 Å². The van der Waals surface area contributed by atoms with Crippen molar-refractivity contribution in [1.29, 1.82) is 0 Å². The van der Waals surface area contributed by atoms with E-state index in [1.807, 2.05) is 16.8 Å². The summed E-state index contributed by atoms with van der Waals surface area (Å²) in [5, 5.41) is 4.55. The molecule has 2 nitrogen and oxygen atoms in total. The second-order valence-electron chi connectivity index (χ2n) is 4.30. The average Bonchev–Trinajstić information content (AvgIpc) is 2.42. The predicted molar refractivity (Wildman–Crippen MR) is 64.2 cm³/mol. The predicted octanol–water partition coefficient (Wildman–Crippen LogP) is 3.67. The molecule has 0 saturated heterocycles. The van der Waals surface area contributed by atoms with E-state index >= 15 is 0 Å². The van der Waals surface area contributed by atoms with Crippen molar-refractivity contribution >= 4 is 21.4 Å². The van der Waals surface area contributed by atoms with Crippen LogP contribution in [0.1, 0.15) is 36.4 Å². The van der Waals surface area contributed by atoms with Gasteiger partial charge in [-0.2, -0.15) is 5.10 Å². The lowest BCUT2D eigenvalue weighted by molar-refractivity contribution is 0.420. The minimum Gasteiger partial charge on any atom is -0.240 e. The number of pyridine rings is 1. The van der Waals surface area contributed by atoms with E-state index in [9.17, 15) is 0 Å². The third-order valence-corrected chi connectivity index (χ3v) is 3.83. The minimum atomic E-state index is 0.747. The van der Waals surface area contributed by atoms with Crippen molar-refractivity contribution in [2.24, 2.45) is 0 Å². The lowest BCUT2D eigenvalue weighted by Gasteiger charge is -2.25. The fourth-order valence-corrected chi connectivity index (χ4v) is 2.69. The SMILES string of the molecule is Cc1nn2ccc(Br)cc2c1C1CCC1. The number of hydrogen-bond donors (Lipinski definition) is 0. The molecule has 0 bridgehead atoms. The maximum Gasteiger partial charge on any atom is 0.0710 e. The molecule has 1 aliphatic carbocycles. The summed E-state index contributed by atoms with van der Waals surface area (Å²) < 4.78 is 3.13. The first kappa shape index (κ1) is 9.40.